The summed E-state index contributed by atoms with van der Waals surface area (Å²) in [4.78, 5) is 11.8. The van der Waals surface area contributed by atoms with E-state index in [2.05, 4.69) is 19.2 Å². The molecule has 3 rings (SSSR count). The molecule has 3 atom stereocenters. The molecule has 2 heterocycles. The second-order valence-corrected chi connectivity index (χ2v) is 6.16. The number of hydrogen-bond donors (Lipinski definition) is 1. The summed E-state index contributed by atoms with van der Waals surface area (Å²) in [5.74, 6) is 1.80. The first kappa shape index (κ1) is 10.6. The van der Waals surface area contributed by atoms with Crippen LogP contribution in [0.25, 0.3) is 0 Å². The standard InChI is InChI=1S/C13H21NO2/c1-9-7-10(9)12(2)8-11(15)14-13(12)3-5-16-6-4-13/h9-10H,3-8H2,1-2H3,(H,14,15). The molecule has 3 heteroatoms. The molecular weight excluding hydrogens is 202 g/mol. The first-order chi connectivity index (χ1) is 7.57. The SMILES string of the molecule is CC1CC1C1(C)CC(=O)NC12CCOCC2. The number of carbonyl (C=O) groups excluding carboxylic acids is 1. The van der Waals surface area contributed by atoms with Gasteiger partial charge in [0.15, 0.2) is 0 Å². The zero-order valence-electron chi connectivity index (χ0n) is 10.2. The Labute approximate surface area is 96.9 Å². The van der Waals surface area contributed by atoms with Gasteiger partial charge in [0.2, 0.25) is 5.91 Å². The fourth-order valence-electron chi connectivity index (χ4n) is 4.07. The van der Waals surface area contributed by atoms with E-state index in [0.29, 0.717) is 0 Å². The summed E-state index contributed by atoms with van der Waals surface area (Å²) in [7, 11) is 0. The van der Waals surface area contributed by atoms with Gasteiger partial charge in [-0.15, -0.1) is 0 Å². The Bertz CT molecular complexity index is 314. The van der Waals surface area contributed by atoms with Crippen LogP contribution >= 0.6 is 0 Å². The first-order valence-corrected chi connectivity index (χ1v) is 6.46. The highest BCUT2D eigenvalue weighted by Crippen LogP contribution is 2.61. The fraction of sp³-hybridized carbons (Fsp3) is 0.923. The number of nitrogens with one attached hydrogen (secondary N) is 1. The monoisotopic (exact) mass is 223 g/mol. The van der Waals surface area contributed by atoms with E-state index in [9.17, 15) is 4.79 Å². The van der Waals surface area contributed by atoms with Crippen molar-refractivity contribution < 1.29 is 9.53 Å². The minimum absolute atomic E-state index is 0.0394. The van der Waals surface area contributed by atoms with Gasteiger partial charge in [0.25, 0.3) is 0 Å². The van der Waals surface area contributed by atoms with Gasteiger partial charge in [0.05, 0.1) is 5.54 Å². The topological polar surface area (TPSA) is 38.3 Å². The molecule has 1 amide bonds. The van der Waals surface area contributed by atoms with Gasteiger partial charge in [0, 0.05) is 25.0 Å². The van der Waals surface area contributed by atoms with Crippen LogP contribution in [0.5, 0.6) is 0 Å². The lowest BCUT2D eigenvalue weighted by molar-refractivity contribution is -0.120. The molecule has 3 nitrogen and oxygen atoms in total. The largest absolute Gasteiger partial charge is 0.381 e. The Morgan fingerprint density at radius 2 is 2.00 bits per heavy atom. The van der Waals surface area contributed by atoms with Gasteiger partial charge in [0.1, 0.15) is 0 Å². The second-order valence-electron chi connectivity index (χ2n) is 6.16. The molecule has 3 unspecified atom stereocenters. The molecule has 0 radical (unpaired) electrons. The fourth-order valence-corrected chi connectivity index (χ4v) is 4.07. The summed E-state index contributed by atoms with van der Waals surface area (Å²) in [6.45, 7) is 6.24. The van der Waals surface area contributed by atoms with E-state index in [1.165, 1.54) is 6.42 Å². The van der Waals surface area contributed by atoms with E-state index in [1.807, 2.05) is 0 Å². The molecular formula is C13H21NO2. The number of ether oxygens (including phenoxy) is 1. The summed E-state index contributed by atoms with van der Waals surface area (Å²) < 4.78 is 5.46. The van der Waals surface area contributed by atoms with Gasteiger partial charge in [-0.2, -0.15) is 0 Å². The lowest BCUT2D eigenvalue weighted by Crippen LogP contribution is -2.55. The molecule has 0 aromatic carbocycles. The van der Waals surface area contributed by atoms with Crippen LogP contribution in [0.4, 0.5) is 0 Å². The molecule has 2 aliphatic heterocycles. The van der Waals surface area contributed by atoms with Crippen molar-refractivity contribution in [1.82, 2.24) is 5.32 Å². The van der Waals surface area contributed by atoms with Crippen molar-refractivity contribution in [3.8, 4) is 0 Å². The molecule has 3 fully saturated rings. The lowest BCUT2D eigenvalue weighted by atomic mass is 9.64. The Balaban J connectivity index is 1.92. The molecule has 90 valence electrons. The van der Waals surface area contributed by atoms with Crippen molar-refractivity contribution in [2.45, 2.75) is 45.1 Å². The summed E-state index contributed by atoms with van der Waals surface area (Å²) >= 11 is 0. The van der Waals surface area contributed by atoms with Crippen molar-refractivity contribution in [3.63, 3.8) is 0 Å². The van der Waals surface area contributed by atoms with Gasteiger partial charge in [-0.1, -0.05) is 13.8 Å². The van der Waals surface area contributed by atoms with E-state index in [-0.39, 0.29) is 16.9 Å². The molecule has 0 aromatic rings. The highest BCUT2D eigenvalue weighted by molar-refractivity contribution is 5.81. The maximum absolute atomic E-state index is 11.8. The van der Waals surface area contributed by atoms with Crippen LogP contribution in [0.2, 0.25) is 0 Å². The zero-order chi connectivity index (χ0) is 11.4. The quantitative estimate of drug-likeness (QED) is 0.735. The summed E-state index contributed by atoms with van der Waals surface area (Å²) in [5.41, 5.74) is 0.213. The second kappa shape index (κ2) is 3.22. The van der Waals surface area contributed by atoms with Crippen LogP contribution < -0.4 is 5.32 Å². The minimum atomic E-state index is 0.0394. The van der Waals surface area contributed by atoms with E-state index < -0.39 is 0 Å². The molecule has 1 N–H and O–H groups in total. The van der Waals surface area contributed by atoms with Gasteiger partial charge in [-0.3, -0.25) is 4.79 Å². The van der Waals surface area contributed by atoms with Gasteiger partial charge in [-0.25, -0.2) is 0 Å². The maximum atomic E-state index is 11.8. The van der Waals surface area contributed by atoms with E-state index >= 15 is 0 Å². The number of carbonyl (C=O) groups is 1. The minimum Gasteiger partial charge on any atom is -0.381 e. The third-order valence-corrected chi connectivity index (χ3v) is 5.27. The van der Waals surface area contributed by atoms with Crippen LogP contribution in [0.3, 0.4) is 0 Å². The number of hydrogen-bond acceptors (Lipinski definition) is 2. The van der Waals surface area contributed by atoms with Gasteiger partial charge >= 0.3 is 0 Å². The Morgan fingerprint density at radius 3 is 2.56 bits per heavy atom. The van der Waals surface area contributed by atoms with E-state index in [4.69, 9.17) is 4.74 Å². The highest BCUT2D eigenvalue weighted by atomic mass is 16.5. The predicted molar refractivity (Wildman–Crippen MR) is 60.9 cm³/mol. The van der Waals surface area contributed by atoms with Crippen LogP contribution in [0.15, 0.2) is 0 Å². The Hall–Kier alpha value is -0.570. The van der Waals surface area contributed by atoms with Crippen molar-refractivity contribution in [2.75, 3.05) is 13.2 Å². The molecule has 0 bridgehead atoms. The van der Waals surface area contributed by atoms with Crippen LogP contribution in [0, 0.1) is 17.3 Å². The normalized spacial score (nSPS) is 45.8. The van der Waals surface area contributed by atoms with Crippen LogP contribution in [-0.4, -0.2) is 24.7 Å². The molecule has 1 saturated carbocycles. The van der Waals surface area contributed by atoms with Gasteiger partial charge in [-0.05, 0) is 31.1 Å². The third kappa shape index (κ3) is 1.27. The maximum Gasteiger partial charge on any atom is 0.221 e. The van der Waals surface area contributed by atoms with E-state index in [1.54, 1.807) is 0 Å². The number of rotatable bonds is 1. The van der Waals surface area contributed by atoms with Crippen molar-refractivity contribution in [1.29, 1.82) is 0 Å². The van der Waals surface area contributed by atoms with Crippen molar-refractivity contribution in [2.24, 2.45) is 17.3 Å². The van der Waals surface area contributed by atoms with Crippen molar-refractivity contribution in [3.05, 3.63) is 0 Å². The third-order valence-electron chi connectivity index (χ3n) is 5.27. The first-order valence-electron chi connectivity index (χ1n) is 6.46. The number of amides is 1. The molecule has 2 saturated heterocycles. The Morgan fingerprint density at radius 1 is 1.38 bits per heavy atom. The average molecular weight is 223 g/mol. The summed E-state index contributed by atoms with van der Waals surface area (Å²) in [6, 6.07) is 0. The molecule has 1 spiro atoms. The molecule has 1 aliphatic carbocycles. The summed E-state index contributed by atoms with van der Waals surface area (Å²) in [5, 5.41) is 3.28. The van der Waals surface area contributed by atoms with Crippen LogP contribution in [-0.2, 0) is 9.53 Å². The highest BCUT2D eigenvalue weighted by Gasteiger charge is 2.63. The summed E-state index contributed by atoms with van der Waals surface area (Å²) in [6.07, 6.45) is 4.02. The lowest BCUT2D eigenvalue weighted by Gasteiger charge is -2.46. The molecule has 3 aliphatic rings. The average Bonchev–Trinajstić information content (AvgIpc) is 2.91. The smallest absolute Gasteiger partial charge is 0.221 e. The molecule has 16 heavy (non-hydrogen) atoms. The van der Waals surface area contributed by atoms with E-state index in [0.717, 1.165) is 44.3 Å². The zero-order valence-corrected chi connectivity index (χ0v) is 10.2. The van der Waals surface area contributed by atoms with Crippen molar-refractivity contribution >= 4 is 5.91 Å². The predicted octanol–water partition coefficient (Wildman–Crippen LogP) is 1.72. The molecule has 0 aromatic heterocycles. The Kier molecular flexibility index (Phi) is 2.13. The van der Waals surface area contributed by atoms with Gasteiger partial charge < -0.3 is 10.1 Å². The van der Waals surface area contributed by atoms with Crippen LogP contribution in [0.1, 0.15) is 39.5 Å².